The molecule has 0 saturated carbocycles. The fraction of sp³-hybridized carbons (Fsp3) is 1.00. The van der Waals surface area contributed by atoms with Crippen molar-refractivity contribution in [2.75, 3.05) is 18.1 Å². The second kappa shape index (κ2) is 3.76. The fourth-order valence-electron chi connectivity index (χ4n) is 1.47. The molecule has 2 N–H and O–H groups in total. The minimum atomic E-state index is -1.12. The lowest BCUT2D eigenvalue weighted by Crippen LogP contribution is -2.39. The van der Waals surface area contributed by atoms with Gasteiger partial charge in [0.2, 0.25) is 0 Å². The highest BCUT2D eigenvalue weighted by molar-refractivity contribution is 7.99. The van der Waals surface area contributed by atoms with E-state index in [0.29, 0.717) is 0 Å². The van der Waals surface area contributed by atoms with Gasteiger partial charge in [-0.2, -0.15) is 11.8 Å². The Morgan fingerprint density at radius 1 is 1.55 bits per heavy atom. The first-order valence-electron chi connectivity index (χ1n) is 4.13. The molecule has 0 aromatic rings. The van der Waals surface area contributed by atoms with Gasteiger partial charge >= 0.3 is 0 Å². The van der Waals surface area contributed by atoms with E-state index in [0.717, 1.165) is 24.3 Å². The van der Waals surface area contributed by atoms with Crippen molar-refractivity contribution in [1.29, 1.82) is 0 Å². The van der Waals surface area contributed by atoms with Gasteiger partial charge in [0.05, 0.1) is 0 Å². The molecule has 0 aliphatic carbocycles. The van der Waals surface area contributed by atoms with Crippen LogP contribution in [-0.4, -0.2) is 23.7 Å². The molecule has 1 aliphatic rings. The Balaban J connectivity index is 2.43. The SMILES string of the molecule is CC(F)(CN)C1CCSCC1. The lowest BCUT2D eigenvalue weighted by Gasteiger charge is -2.31. The summed E-state index contributed by atoms with van der Waals surface area (Å²) < 4.78 is 13.6. The lowest BCUT2D eigenvalue weighted by molar-refractivity contribution is 0.105. The number of nitrogens with two attached hydrogens (primary N) is 1. The van der Waals surface area contributed by atoms with Gasteiger partial charge in [0, 0.05) is 6.54 Å². The Kier molecular flexibility index (Phi) is 3.19. The van der Waals surface area contributed by atoms with Crippen molar-refractivity contribution >= 4 is 11.8 Å². The van der Waals surface area contributed by atoms with Crippen LogP contribution >= 0.6 is 11.8 Å². The van der Waals surface area contributed by atoms with Crippen molar-refractivity contribution in [3.63, 3.8) is 0 Å². The van der Waals surface area contributed by atoms with Gasteiger partial charge in [0.25, 0.3) is 0 Å². The van der Waals surface area contributed by atoms with Gasteiger partial charge < -0.3 is 5.73 Å². The molecule has 66 valence electrons. The molecular formula is C8H16FNS. The number of halogens is 1. The molecule has 0 aromatic heterocycles. The summed E-state index contributed by atoms with van der Waals surface area (Å²) in [5.41, 5.74) is 4.23. The smallest absolute Gasteiger partial charge is 0.123 e. The third kappa shape index (κ3) is 2.34. The van der Waals surface area contributed by atoms with Crippen LogP contribution in [0.15, 0.2) is 0 Å². The molecule has 1 atom stereocenters. The van der Waals surface area contributed by atoms with Gasteiger partial charge in [-0.3, -0.25) is 0 Å². The third-order valence-electron chi connectivity index (χ3n) is 2.47. The molecule has 1 unspecified atom stereocenters. The average molecular weight is 177 g/mol. The zero-order chi connectivity index (χ0) is 8.32. The summed E-state index contributed by atoms with van der Waals surface area (Å²) in [6.07, 6.45) is 1.99. The summed E-state index contributed by atoms with van der Waals surface area (Å²) in [5, 5.41) is 0. The lowest BCUT2D eigenvalue weighted by atomic mass is 9.86. The summed E-state index contributed by atoms with van der Waals surface area (Å²) in [6.45, 7) is 1.80. The first-order chi connectivity index (χ1) is 5.17. The van der Waals surface area contributed by atoms with Crippen molar-refractivity contribution in [1.82, 2.24) is 0 Å². The van der Waals surface area contributed by atoms with Gasteiger partial charge in [-0.15, -0.1) is 0 Å². The van der Waals surface area contributed by atoms with Crippen molar-refractivity contribution in [2.45, 2.75) is 25.4 Å². The predicted molar refractivity (Wildman–Crippen MR) is 48.6 cm³/mol. The number of hydrogen-bond donors (Lipinski definition) is 1. The van der Waals surface area contributed by atoms with Crippen molar-refractivity contribution in [2.24, 2.45) is 11.7 Å². The van der Waals surface area contributed by atoms with E-state index >= 15 is 0 Å². The van der Waals surface area contributed by atoms with Crippen molar-refractivity contribution in [3.8, 4) is 0 Å². The summed E-state index contributed by atoms with van der Waals surface area (Å²) in [4.78, 5) is 0. The van der Waals surface area contributed by atoms with Crippen LogP contribution in [-0.2, 0) is 0 Å². The molecule has 1 aliphatic heterocycles. The Morgan fingerprint density at radius 2 is 2.09 bits per heavy atom. The Morgan fingerprint density at radius 3 is 2.55 bits per heavy atom. The monoisotopic (exact) mass is 177 g/mol. The summed E-state index contributed by atoms with van der Waals surface area (Å²) >= 11 is 1.92. The summed E-state index contributed by atoms with van der Waals surface area (Å²) in [7, 11) is 0. The van der Waals surface area contributed by atoms with Crippen LogP contribution in [0, 0.1) is 5.92 Å². The van der Waals surface area contributed by atoms with Crippen LogP contribution in [0.2, 0.25) is 0 Å². The largest absolute Gasteiger partial charge is 0.328 e. The summed E-state index contributed by atoms with van der Waals surface area (Å²) in [5.74, 6) is 2.41. The molecule has 0 aromatic carbocycles. The highest BCUT2D eigenvalue weighted by Crippen LogP contribution is 2.33. The minimum absolute atomic E-state index is 0.169. The molecule has 0 amide bonds. The zero-order valence-corrected chi connectivity index (χ0v) is 7.79. The first kappa shape index (κ1) is 9.33. The number of thioether (sulfide) groups is 1. The molecule has 0 spiro atoms. The van der Waals surface area contributed by atoms with Crippen LogP contribution in [0.3, 0.4) is 0 Å². The number of rotatable bonds is 2. The Labute approximate surface area is 71.9 Å². The van der Waals surface area contributed by atoms with Gasteiger partial charge in [-0.05, 0) is 37.2 Å². The van der Waals surface area contributed by atoms with Gasteiger partial charge in [-0.1, -0.05) is 0 Å². The molecule has 11 heavy (non-hydrogen) atoms. The highest BCUT2D eigenvalue weighted by atomic mass is 32.2. The second-order valence-corrected chi connectivity index (χ2v) is 4.59. The maximum Gasteiger partial charge on any atom is 0.123 e. The maximum atomic E-state index is 13.6. The number of alkyl halides is 1. The van der Waals surface area contributed by atoms with E-state index in [-0.39, 0.29) is 12.5 Å². The van der Waals surface area contributed by atoms with E-state index < -0.39 is 5.67 Å². The van der Waals surface area contributed by atoms with Gasteiger partial charge in [0.1, 0.15) is 5.67 Å². The normalized spacial score (nSPS) is 26.5. The second-order valence-electron chi connectivity index (χ2n) is 3.37. The van der Waals surface area contributed by atoms with Crippen molar-refractivity contribution < 1.29 is 4.39 Å². The highest BCUT2D eigenvalue weighted by Gasteiger charge is 2.33. The minimum Gasteiger partial charge on any atom is -0.328 e. The average Bonchev–Trinajstić information content (AvgIpc) is 2.06. The fourth-order valence-corrected chi connectivity index (χ4v) is 2.57. The number of hydrogen-bond acceptors (Lipinski definition) is 2. The maximum absolute atomic E-state index is 13.6. The predicted octanol–water partition coefficient (Wildman–Crippen LogP) is 1.82. The molecule has 1 nitrogen and oxygen atoms in total. The third-order valence-corrected chi connectivity index (χ3v) is 3.52. The molecule has 0 radical (unpaired) electrons. The summed E-state index contributed by atoms with van der Waals surface area (Å²) in [6, 6.07) is 0. The van der Waals surface area contributed by atoms with Crippen LogP contribution < -0.4 is 5.73 Å². The van der Waals surface area contributed by atoms with Crippen LogP contribution in [0.1, 0.15) is 19.8 Å². The standard InChI is InChI=1S/C8H16FNS/c1-8(9,6-10)7-2-4-11-5-3-7/h7H,2-6,10H2,1H3. The molecule has 1 heterocycles. The molecular weight excluding hydrogens is 161 g/mol. The topological polar surface area (TPSA) is 26.0 Å². The van der Waals surface area contributed by atoms with E-state index in [1.165, 1.54) is 0 Å². The molecule has 3 heteroatoms. The first-order valence-corrected chi connectivity index (χ1v) is 5.29. The molecule has 1 fully saturated rings. The zero-order valence-electron chi connectivity index (χ0n) is 6.98. The molecule has 1 saturated heterocycles. The van der Waals surface area contributed by atoms with E-state index in [1.54, 1.807) is 6.92 Å². The Hall–Kier alpha value is 0.240. The van der Waals surface area contributed by atoms with Gasteiger partial charge in [-0.25, -0.2) is 4.39 Å². The Bertz CT molecular complexity index is 121. The van der Waals surface area contributed by atoms with Crippen LogP contribution in [0.4, 0.5) is 4.39 Å². The van der Waals surface area contributed by atoms with E-state index in [1.807, 2.05) is 11.8 Å². The van der Waals surface area contributed by atoms with E-state index in [4.69, 9.17) is 5.73 Å². The molecule has 0 bridgehead atoms. The van der Waals surface area contributed by atoms with Gasteiger partial charge in [0.15, 0.2) is 0 Å². The molecule has 1 rings (SSSR count). The van der Waals surface area contributed by atoms with E-state index in [2.05, 4.69) is 0 Å². The quantitative estimate of drug-likeness (QED) is 0.696. The van der Waals surface area contributed by atoms with E-state index in [9.17, 15) is 4.39 Å². The van der Waals surface area contributed by atoms with Crippen LogP contribution in [0.5, 0.6) is 0 Å². The van der Waals surface area contributed by atoms with Crippen molar-refractivity contribution in [3.05, 3.63) is 0 Å². The van der Waals surface area contributed by atoms with Crippen LogP contribution in [0.25, 0.3) is 0 Å².